The maximum Gasteiger partial charge on any atom is 0.267 e. The largest absolute Gasteiger partial charge is 0.494 e. The Morgan fingerprint density at radius 3 is 2.60 bits per heavy atom. The maximum absolute atomic E-state index is 14.0. The molecule has 0 saturated carbocycles. The van der Waals surface area contributed by atoms with Crippen LogP contribution in [0.1, 0.15) is 58.3 Å². The van der Waals surface area contributed by atoms with Crippen LogP contribution in [0.2, 0.25) is 0 Å². The average molecular weight is 507 g/mol. The number of aromatic nitrogens is 2. The van der Waals surface area contributed by atoms with E-state index >= 15 is 0 Å². The van der Waals surface area contributed by atoms with Crippen LogP contribution in [0.4, 0.5) is 0 Å². The van der Waals surface area contributed by atoms with E-state index in [0.29, 0.717) is 28.5 Å². The van der Waals surface area contributed by atoms with Crippen LogP contribution < -0.4 is 10.3 Å². The van der Waals surface area contributed by atoms with E-state index in [0.717, 1.165) is 49.8 Å². The predicted molar refractivity (Wildman–Crippen MR) is 146 cm³/mol. The molecule has 0 amide bonds. The zero-order valence-electron chi connectivity index (χ0n) is 21.0. The van der Waals surface area contributed by atoms with Gasteiger partial charge in [-0.2, -0.15) is 0 Å². The molecular formula is C28H30N2O3S2. The SMILES string of the molecule is CCOc1ccc(C(C)=O)cc1CSc1nc2sc(C)c(CC)c2c(=O)n1-c1cccc(C)c1C. The fourth-order valence-electron chi connectivity index (χ4n) is 4.26. The van der Waals surface area contributed by atoms with E-state index < -0.39 is 0 Å². The number of rotatable bonds is 8. The predicted octanol–water partition coefficient (Wildman–Crippen LogP) is 6.83. The number of hydrogen-bond acceptors (Lipinski definition) is 6. The molecule has 4 rings (SSSR count). The van der Waals surface area contributed by atoms with Crippen molar-refractivity contribution >= 4 is 39.1 Å². The second-order valence-corrected chi connectivity index (χ2v) is 10.7. The van der Waals surface area contributed by atoms with E-state index in [4.69, 9.17) is 9.72 Å². The van der Waals surface area contributed by atoms with Gasteiger partial charge in [-0.05, 0) is 82.0 Å². The molecule has 7 heteroatoms. The van der Waals surface area contributed by atoms with Crippen molar-refractivity contribution in [2.45, 2.75) is 58.9 Å². The highest BCUT2D eigenvalue weighted by Crippen LogP contribution is 2.34. The molecule has 0 saturated heterocycles. The highest BCUT2D eigenvalue weighted by Gasteiger charge is 2.21. The van der Waals surface area contributed by atoms with Gasteiger partial charge >= 0.3 is 0 Å². The first-order valence-electron chi connectivity index (χ1n) is 11.8. The van der Waals surface area contributed by atoms with Crippen LogP contribution in [0.25, 0.3) is 15.9 Å². The zero-order valence-corrected chi connectivity index (χ0v) is 22.7. The summed E-state index contributed by atoms with van der Waals surface area (Å²) in [6.07, 6.45) is 0.789. The van der Waals surface area contributed by atoms with E-state index in [2.05, 4.69) is 26.8 Å². The van der Waals surface area contributed by atoms with Crippen LogP contribution in [-0.2, 0) is 12.2 Å². The summed E-state index contributed by atoms with van der Waals surface area (Å²) in [4.78, 5) is 32.9. The number of Topliss-reactive ketones (excluding diaryl/α,β-unsaturated/α-hetero) is 1. The molecule has 0 aliphatic rings. The van der Waals surface area contributed by atoms with Crippen LogP contribution in [0, 0.1) is 20.8 Å². The molecule has 5 nitrogen and oxygen atoms in total. The molecule has 35 heavy (non-hydrogen) atoms. The minimum Gasteiger partial charge on any atom is -0.494 e. The number of carbonyl (C=O) groups is 1. The average Bonchev–Trinajstić information content (AvgIpc) is 3.15. The lowest BCUT2D eigenvalue weighted by Crippen LogP contribution is -2.23. The molecule has 2 aromatic heterocycles. The quantitative estimate of drug-likeness (QED) is 0.149. The third-order valence-electron chi connectivity index (χ3n) is 6.29. The molecule has 0 aliphatic carbocycles. The van der Waals surface area contributed by atoms with Crippen molar-refractivity contribution in [1.82, 2.24) is 9.55 Å². The molecule has 2 heterocycles. The van der Waals surface area contributed by atoms with Crippen LogP contribution >= 0.6 is 23.1 Å². The summed E-state index contributed by atoms with van der Waals surface area (Å²) in [6, 6.07) is 11.5. The summed E-state index contributed by atoms with van der Waals surface area (Å²) < 4.78 is 7.59. The molecular weight excluding hydrogens is 476 g/mol. The van der Waals surface area contributed by atoms with E-state index in [1.165, 1.54) is 11.8 Å². The Morgan fingerprint density at radius 2 is 1.91 bits per heavy atom. The first-order valence-corrected chi connectivity index (χ1v) is 13.6. The van der Waals surface area contributed by atoms with E-state index in [-0.39, 0.29) is 11.3 Å². The van der Waals surface area contributed by atoms with Gasteiger partial charge in [-0.15, -0.1) is 11.3 Å². The smallest absolute Gasteiger partial charge is 0.267 e. The number of aryl methyl sites for hydroxylation is 3. The number of nitrogens with zero attached hydrogens (tertiary/aromatic N) is 2. The minimum absolute atomic E-state index is 0.00675. The summed E-state index contributed by atoms with van der Waals surface area (Å²) >= 11 is 3.06. The minimum atomic E-state index is -0.0325. The van der Waals surface area contributed by atoms with Crippen molar-refractivity contribution in [2.75, 3.05) is 6.61 Å². The molecule has 0 fully saturated rings. The van der Waals surface area contributed by atoms with Crippen LogP contribution in [0.3, 0.4) is 0 Å². The van der Waals surface area contributed by atoms with Crippen molar-refractivity contribution in [3.63, 3.8) is 0 Å². The number of ketones is 1. The molecule has 0 atom stereocenters. The molecule has 182 valence electrons. The lowest BCUT2D eigenvalue weighted by atomic mass is 10.1. The standard InChI is InChI=1S/C28H30N2O3S2/c1-7-22-19(6)35-26-25(22)27(32)30(23-11-9-10-16(3)17(23)4)28(29-26)34-15-21-14-20(18(5)31)12-13-24(21)33-8-2/h9-14H,7-8,15H2,1-6H3. The lowest BCUT2D eigenvalue weighted by molar-refractivity contribution is 0.101. The third kappa shape index (κ3) is 4.80. The van der Waals surface area contributed by atoms with Crippen molar-refractivity contribution in [2.24, 2.45) is 0 Å². The van der Waals surface area contributed by atoms with Gasteiger partial charge in [-0.3, -0.25) is 14.2 Å². The van der Waals surface area contributed by atoms with Crippen LogP contribution in [0.5, 0.6) is 5.75 Å². The van der Waals surface area contributed by atoms with Crippen LogP contribution in [0.15, 0.2) is 46.3 Å². The second kappa shape index (κ2) is 10.4. The highest BCUT2D eigenvalue weighted by atomic mass is 32.2. The summed E-state index contributed by atoms with van der Waals surface area (Å²) in [6.45, 7) is 12.3. The molecule has 0 unspecified atom stereocenters. The Labute approximate surface area is 214 Å². The van der Waals surface area contributed by atoms with E-state index in [9.17, 15) is 9.59 Å². The number of thiophene rings is 1. The highest BCUT2D eigenvalue weighted by molar-refractivity contribution is 7.98. The molecule has 0 aliphatic heterocycles. The normalized spacial score (nSPS) is 11.3. The summed E-state index contributed by atoms with van der Waals surface area (Å²) in [5.41, 5.74) is 5.61. The van der Waals surface area contributed by atoms with E-state index in [1.807, 2.05) is 38.1 Å². The number of hydrogen-bond donors (Lipinski definition) is 0. The molecule has 0 radical (unpaired) electrons. The monoisotopic (exact) mass is 506 g/mol. The van der Waals surface area contributed by atoms with Gasteiger partial charge in [0.05, 0.1) is 17.7 Å². The van der Waals surface area contributed by atoms with Crippen LogP contribution in [-0.4, -0.2) is 21.9 Å². The lowest BCUT2D eigenvalue weighted by Gasteiger charge is -2.17. The van der Waals surface area contributed by atoms with Gasteiger partial charge in [0.2, 0.25) is 0 Å². The topological polar surface area (TPSA) is 61.2 Å². The van der Waals surface area contributed by atoms with Crippen molar-refractivity contribution < 1.29 is 9.53 Å². The summed E-state index contributed by atoms with van der Waals surface area (Å²) in [7, 11) is 0. The third-order valence-corrected chi connectivity index (χ3v) is 8.32. The zero-order chi connectivity index (χ0) is 25.3. The second-order valence-electron chi connectivity index (χ2n) is 8.52. The van der Waals surface area contributed by atoms with Gasteiger partial charge in [0.1, 0.15) is 10.6 Å². The number of ether oxygens (including phenoxy) is 1. The Balaban J connectivity index is 1.90. The van der Waals surface area contributed by atoms with E-state index in [1.54, 1.807) is 28.9 Å². The van der Waals surface area contributed by atoms with Crippen molar-refractivity contribution in [3.05, 3.63) is 79.4 Å². The Hall–Kier alpha value is -2.90. The number of thioether (sulfide) groups is 1. The number of benzene rings is 2. The molecule has 4 aromatic rings. The van der Waals surface area contributed by atoms with Gasteiger partial charge in [-0.1, -0.05) is 30.8 Å². The number of carbonyl (C=O) groups excluding carboxylic acids is 1. The fourth-order valence-corrected chi connectivity index (χ4v) is 6.40. The molecule has 2 aromatic carbocycles. The Bertz CT molecular complexity index is 1480. The Kier molecular flexibility index (Phi) is 7.47. The first-order chi connectivity index (χ1) is 16.8. The number of fused-ring (bicyclic) bond motifs is 1. The molecule has 0 N–H and O–H groups in total. The first kappa shape index (κ1) is 25.2. The maximum atomic E-state index is 14.0. The van der Waals surface area contributed by atoms with Crippen molar-refractivity contribution in [1.29, 1.82) is 0 Å². The van der Waals surface area contributed by atoms with Gasteiger partial charge in [0.25, 0.3) is 5.56 Å². The van der Waals surface area contributed by atoms with Gasteiger partial charge in [0, 0.05) is 21.8 Å². The fraction of sp³-hybridized carbons (Fsp3) is 0.321. The van der Waals surface area contributed by atoms with Gasteiger partial charge < -0.3 is 4.74 Å². The Morgan fingerprint density at radius 1 is 1.14 bits per heavy atom. The summed E-state index contributed by atoms with van der Waals surface area (Å²) in [5.74, 6) is 1.27. The molecule has 0 spiro atoms. The van der Waals surface area contributed by atoms with Gasteiger partial charge in [0.15, 0.2) is 10.9 Å². The van der Waals surface area contributed by atoms with Crippen molar-refractivity contribution in [3.8, 4) is 11.4 Å². The molecule has 0 bridgehead atoms. The summed E-state index contributed by atoms with van der Waals surface area (Å²) in [5, 5.41) is 1.35. The van der Waals surface area contributed by atoms with Gasteiger partial charge in [-0.25, -0.2) is 4.98 Å².